The largest absolute Gasteiger partial charge is 0.493 e. The first-order valence-electron chi connectivity index (χ1n) is 6.95. The van der Waals surface area contributed by atoms with Crippen LogP contribution in [0.5, 0.6) is 0 Å². The van der Waals surface area contributed by atoms with E-state index in [0.29, 0.717) is 35.2 Å². The molecular weight excluding hydrogens is 304 g/mol. The van der Waals surface area contributed by atoms with Crippen LogP contribution in [0.1, 0.15) is 0 Å². The summed E-state index contributed by atoms with van der Waals surface area (Å²) in [5, 5.41) is 12.5. The minimum atomic E-state index is -0.954. The number of hydrogen-bond acceptors (Lipinski definition) is 5. The van der Waals surface area contributed by atoms with Gasteiger partial charge in [0.1, 0.15) is 5.82 Å². The summed E-state index contributed by atoms with van der Waals surface area (Å²) in [6.07, 6.45) is 5.42. The molecule has 5 nitrogen and oxygen atoms in total. The number of nitrogens with zero attached hydrogens (tertiary/aromatic N) is 2. The lowest BCUT2D eigenvalue weighted by Crippen LogP contribution is -2.36. The van der Waals surface area contributed by atoms with Crippen LogP contribution in [-0.2, 0) is 4.74 Å². The Hall–Kier alpha value is -2.67. The maximum atomic E-state index is 13.3. The van der Waals surface area contributed by atoms with Gasteiger partial charge in [-0.2, -0.15) is 0 Å². The Morgan fingerprint density at radius 1 is 1.35 bits per heavy atom. The minimum absolute atomic E-state index is 0.209. The van der Waals surface area contributed by atoms with Gasteiger partial charge in [-0.3, -0.25) is 0 Å². The van der Waals surface area contributed by atoms with Crippen LogP contribution in [0.3, 0.4) is 0 Å². The molecule has 0 aliphatic carbocycles. The molecule has 0 aromatic heterocycles. The normalized spacial score (nSPS) is 16.8. The lowest BCUT2D eigenvalue weighted by molar-refractivity contribution is 0.298. The summed E-state index contributed by atoms with van der Waals surface area (Å²) in [7, 11) is 1.54. The Morgan fingerprint density at radius 2 is 2.17 bits per heavy atom. The fourth-order valence-electron chi connectivity index (χ4n) is 2.34. The van der Waals surface area contributed by atoms with E-state index in [-0.39, 0.29) is 6.61 Å². The molecule has 120 valence electrons. The number of nitrogens with one attached hydrogen (secondary N) is 1. The van der Waals surface area contributed by atoms with E-state index >= 15 is 0 Å². The van der Waals surface area contributed by atoms with Crippen LogP contribution < -0.4 is 5.32 Å². The van der Waals surface area contributed by atoms with E-state index < -0.39 is 11.6 Å². The van der Waals surface area contributed by atoms with Gasteiger partial charge in [-0.1, -0.05) is 0 Å². The van der Waals surface area contributed by atoms with E-state index in [0.717, 1.165) is 12.1 Å². The molecule has 2 heterocycles. The van der Waals surface area contributed by atoms with E-state index in [1.54, 1.807) is 13.2 Å². The quantitative estimate of drug-likeness (QED) is 0.894. The molecule has 2 N–H and O–H groups in total. The van der Waals surface area contributed by atoms with Crippen molar-refractivity contribution >= 4 is 11.5 Å². The van der Waals surface area contributed by atoms with Gasteiger partial charge in [0.15, 0.2) is 23.2 Å². The smallest absolute Gasteiger partial charge is 0.177 e. The third kappa shape index (κ3) is 2.95. The number of hydrogen-bond donors (Lipinski definition) is 2. The molecule has 1 aromatic carbocycles. The highest BCUT2D eigenvalue weighted by Gasteiger charge is 2.25. The lowest BCUT2D eigenvalue weighted by atomic mass is 10.1. The second-order valence-electron chi connectivity index (χ2n) is 5.00. The number of methoxy groups -OCH3 is 1. The molecule has 0 unspecified atom stereocenters. The predicted octanol–water partition coefficient (Wildman–Crippen LogP) is 2.35. The van der Waals surface area contributed by atoms with Crippen LogP contribution in [-0.4, -0.2) is 36.1 Å². The van der Waals surface area contributed by atoms with Crippen LogP contribution in [0.15, 0.2) is 58.7 Å². The molecular formula is C16H15F2N3O2. The molecule has 2 aliphatic rings. The summed E-state index contributed by atoms with van der Waals surface area (Å²) in [6.45, 7) is 0.206. The summed E-state index contributed by atoms with van der Waals surface area (Å²) >= 11 is 0. The number of amidine groups is 1. The van der Waals surface area contributed by atoms with Crippen molar-refractivity contribution in [3.63, 3.8) is 0 Å². The number of ether oxygens (including phenoxy) is 1. The van der Waals surface area contributed by atoms with Crippen LogP contribution >= 0.6 is 0 Å². The fourth-order valence-corrected chi connectivity index (χ4v) is 2.34. The molecule has 0 fully saturated rings. The van der Waals surface area contributed by atoms with Gasteiger partial charge in [0.25, 0.3) is 0 Å². The third-order valence-electron chi connectivity index (χ3n) is 3.51. The lowest BCUT2D eigenvalue weighted by Gasteiger charge is -2.31. The number of anilines is 1. The van der Waals surface area contributed by atoms with E-state index in [9.17, 15) is 13.9 Å². The Labute approximate surface area is 131 Å². The average Bonchev–Trinajstić information content (AvgIpc) is 2.57. The number of aliphatic imine (C=N–C) groups is 1. The Kier molecular flexibility index (Phi) is 4.12. The first-order valence-corrected chi connectivity index (χ1v) is 6.95. The molecule has 3 rings (SSSR count). The molecule has 23 heavy (non-hydrogen) atoms. The van der Waals surface area contributed by atoms with E-state index in [1.165, 1.54) is 6.07 Å². The van der Waals surface area contributed by atoms with Gasteiger partial charge in [-0.25, -0.2) is 13.8 Å². The number of benzene rings is 1. The number of fused-ring (bicyclic) bond motifs is 1. The molecule has 0 radical (unpaired) electrons. The first kappa shape index (κ1) is 15.2. The minimum Gasteiger partial charge on any atom is -0.493 e. The van der Waals surface area contributed by atoms with Crippen molar-refractivity contribution < 1.29 is 18.6 Å². The van der Waals surface area contributed by atoms with Gasteiger partial charge in [0.2, 0.25) is 0 Å². The Morgan fingerprint density at radius 3 is 2.87 bits per heavy atom. The molecule has 0 saturated heterocycles. The average molecular weight is 319 g/mol. The van der Waals surface area contributed by atoms with Gasteiger partial charge in [-0.15, -0.1) is 0 Å². The van der Waals surface area contributed by atoms with Gasteiger partial charge in [0, 0.05) is 23.5 Å². The third-order valence-corrected chi connectivity index (χ3v) is 3.51. The van der Waals surface area contributed by atoms with Crippen molar-refractivity contribution in [3.8, 4) is 0 Å². The zero-order chi connectivity index (χ0) is 16.4. The van der Waals surface area contributed by atoms with Crippen molar-refractivity contribution in [2.75, 3.05) is 25.6 Å². The molecule has 0 saturated carbocycles. The van der Waals surface area contributed by atoms with Gasteiger partial charge in [0.05, 0.1) is 20.3 Å². The van der Waals surface area contributed by atoms with Crippen molar-refractivity contribution in [1.29, 1.82) is 0 Å². The molecule has 2 aliphatic heterocycles. The molecule has 0 bridgehead atoms. The molecule has 1 aromatic rings. The number of aliphatic hydroxyl groups is 1. The first-order chi connectivity index (χ1) is 11.1. The maximum Gasteiger partial charge on any atom is 0.177 e. The van der Waals surface area contributed by atoms with Crippen LogP contribution in [0.25, 0.3) is 0 Å². The van der Waals surface area contributed by atoms with E-state index in [2.05, 4.69) is 10.3 Å². The second-order valence-corrected chi connectivity index (χ2v) is 5.00. The van der Waals surface area contributed by atoms with Gasteiger partial charge in [-0.05, 0) is 24.3 Å². The van der Waals surface area contributed by atoms with E-state index in [4.69, 9.17) is 4.74 Å². The monoisotopic (exact) mass is 319 g/mol. The van der Waals surface area contributed by atoms with Crippen molar-refractivity contribution in [2.24, 2.45) is 4.99 Å². The number of aliphatic hydroxyl groups excluding tert-OH is 1. The molecule has 0 atom stereocenters. The van der Waals surface area contributed by atoms with Crippen molar-refractivity contribution in [3.05, 3.63) is 65.3 Å². The summed E-state index contributed by atoms with van der Waals surface area (Å²) in [4.78, 5) is 6.28. The molecule has 0 spiro atoms. The zero-order valence-electron chi connectivity index (χ0n) is 12.4. The summed E-state index contributed by atoms with van der Waals surface area (Å²) < 4.78 is 31.6. The highest BCUT2D eigenvalue weighted by Crippen LogP contribution is 2.24. The van der Waals surface area contributed by atoms with Crippen LogP contribution in [0, 0.1) is 11.6 Å². The fraction of sp³-hybridized carbons (Fsp3) is 0.188. The van der Waals surface area contributed by atoms with Crippen molar-refractivity contribution in [2.45, 2.75) is 0 Å². The van der Waals surface area contributed by atoms with Crippen molar-refractivity contribution in [1.82, 2.24) is 4.90 Å². The van der Waals surface area contributed by atoms with E-state index in [1.807, 2.05) is 17.2 Å². The predicted molar refractivity (Wildman–Crippen MR) is 82.5 cm³/mol. The second kappa shape index (κ2) is 6.21. The summed E-state index contributed by atoms with van der Waals surface area (Å²) in [5.74, 6) is -0.325. The Bertz CT molecular complexity index is 754. The highest BCUT2D eigenvalue weighted by atomic mass is 19.2. The Balaban J connectivity index is 1.94. The zero-order valence-corrected chi connectivity index (χ0v) is 12.4. The summed E-state index contributed by atoms with van der Waals surface area (Å²) in [5.41, 5.74) is 0.970. The topological polar surface area (TPSA) is 57.1 Å². The molecule has 7 heteroatoms. The highest BCUT2D eigenvalue weighted by molar-refractivity contribution is 6.00. The summed E-state index contributed by atoms with van der Waals surface area (Å²) in [6, 6.07) is 3.47. The number of rotatable bonds is 4. The van der Waals surface area contributed by atoms with Crippen LogP contribution in [0.4, 0.5) is 14.5 Å². The number of halogens is 2. The SMILES string of the molecule is COC1=CC=CN2CC(CO)=C(Nc3ccc(F)c(F)c3)N=C12. The maximum absolute atomic E-state index is 13.3. The van der Waals surface area contributed by atoms with Gasteiger partial charge >= 0.3 is 0 Å². The molecule has 0 amide bonds. The van der Waals surface area contributed by atoms with Crippen LogP contribution in [0.2, 0.25) is 0 Å². The van der Waals surface area contributed by atoms with Gasteiger partial charge < -0.3 is 20.1 Å². The standard InChI is InChI=1S/C16H15F2N3O2/c1-23-14-3-2-6-21-8-10(9-22)15(20-16(14)21)19-11-4-5-12(17)13(18)7-11/h2-7,19,22H,8-9H2,1H3. The number of allylic oxidation sites excluding steroid dienone is 2.